The van der Waals surface area contributed by atoms with Crippen molar-refractivity contribution in [2.45, 2.75) is 31.2 Å². The molecule has 4 nitrogen and oxygen atoms in total. The molecule has 0 aliphatic carbocycles. The average Bonchev–Trinajstić information content (AvgIpc) is 2.86. The van der Waals surface area contributed by atoms with Gasteiger partial charge in [0.25, 0.3) is 7.37 Å². The molecule has 0 spiro atoms. The van der Waals surface area contributed by atoms with E-state index in [1.165, 1.54) is 0 Å². The van der Waals surface area contributed by atoms with Crippen LogP contribution in [0.15, 0.2) is 85.1 Å². The van der Waals surface area contributed by atoms with Crippen molar-refractivity contribution in [2.24, 2.45) is 0 Å². The van der Waals surface area contributed by atoms with Crippen molar-refractivity contribution in [3.05, 3.63) is 90.8 Å². The number of nitrogens with one attached hydrogen (secondary N) is 1. The summed E-state index contributed by atoms with van der Waals surface area (Å²) in [5.41, 5.74) is 1.16. The first-order valence-corrected chi connectivity index (χ1v) is 12.3. The largest absolute Gasteiger partial charge is 0.312 e. The molecule has 0 amide bonds. The minimum Gasteiger partial charge on any atom is -0.312 e. The van der Waals surface area contributed by atoms with E-state index in [9.17, 15) is 4.57 Å². The lowest BCUT2D eigenvalue weighted by Gasteiger charge is -2.28. The highest BCUT2D eigenvalue weighted by molar-refractivity contribution is 7.74. The fraction of sp³-hybridized carbons (Fsp3) is 0.269. The van der Waals surface area contributed by atoms with Gasteiger partial charge in [0.2, 0.25) is 0 Å². The maximum absolute atomic E-state index is 13.7. The molecule has 31 heavy (non-hydrogen) atoms. The Hall–Kier alpha value is -2.70. The van der Waals surface area contributed by atoms with Crippen LogP contribution >= 0.6 is 7.37 Å². The summed E-state index contributed by atoms with van der Waals surface area (Å²) in [5.74, 6) is 6.75. The molecule has 2 atom stereocenters. The first-order valence-electron chi connectivity index (χ1n) is 10.7. The molecule has 2 heterocycles. The summed E-state index contributed by atoms with van der Waals surface area (Å²) >= 11 is 0. The average molecular weight is 430 g/mol. The lowest BCUT2D eigenvalue weighted by Crippen LogP contribution is -2.37. The second-order valence-corrected chi connectivity index (χ2v) is 10.1. The Kier molecular flexibility index (Phi) is 7.33. The smallest absolute Gasteiger partial charge is 0.262 e. The van der Waals surface area contributed by atoms with Crippen LogP contribution in [0.2, 0.25) is 0 Å². The fourth-order valence-corrected chi connectivity index (χ4v) is 5.85. The Bertz CT molecular complexity index is 1010. The van der Waals surface area contributed by atoms with Crippen LogP contribution in [0.3, 0.4) is 0 Å². The number of hydrogen-bond donors (Lipinski definition) is 1. The minimum atomic E-state index is -3.16. The van der Waals surface area contributed by atoms with Crippen molar-refractivity contribution in [2.75, 3.05) is 13.2 Å². The molecule has 2 aromatic carbocycles. The Morgan fingerprint density at radius 2 is 1.58 bits per heavy atom. The summed E-state index contributed by atoms with van der Waals surface area (Å²) in [6.07, 6.45) is 4.81. The zero-order valence-corrected chi connectivity index (χ0v) is 18.4. The van der Waals surface area contributed by atoms with Gasteiger partial charge in [-0.05, 0) is 49.2 Å². The molecule has 0 saturated carbocycles. The minimum absolute atomic E-state index is 0.143. The van der Waals surface area contributed by atoms with Gasteiger partial charge in [0.05, 0.1) is 0 Å². The van der Waals surface area contributed by atoms with Gasteiger partial charge >= 0.3 is 0 Å². The molecule has 2 unspecified atom stereocenters. The Morgan fingerprint density at radius 1 is 0.903 bits per heavy atom. The molecular formula is C26H27N2O2P. The van der Waals surface area contributed by atoms with Crippen molar-refractivity contribution in [3.63, 3.8) is 0 Å². The maximum Gasteiger partial charge on any atom is 0.262 e. The third-order valence-electron chi connectivity index (χ3n) is 5.61. The molecule has 4 rings (SSSR count). The summed E-state index contributed by atoms with van der Waals surface area (Å²) in [6.45, 7) is 1.07. The van der Waals surface area contributed by atoms with Crippen LogP contribution in [0.25, 0.3) is 0 Å². The van der Waals surface area contributed by atoms with Crippen molar-refractivity contribution < 1.29 is 9.09 Å². The normalized spacial score (nSPS) is 18.7. The van der Waals surface area contributed by atoms with E-state index in [0.717, 1.165) is 31.5 Å². The van der Waals surface area contributed by atoms with Crippen LogP contribution in [0.1, 0.15) is 30.9 Å². The fourth-order valence-electron chi connectivity index (χ4n) is 3.88. The standard InChI is InChI=1S/C26H27N2O2P/c29-31(24-12-3-1-4-13-24,25-14-5-2-6-15-25)30-20-10-8-11-23-18-17-22(21-28-23)26-16-7-9-19-27-26/h1-7,9,12-16,19,22-23,28H,11,17-18,20-21H2. The van der Waals surface area contributed by atoms with Gasteiger partial charge in [0, 0.05) is 47.4 Å². The van der Waals surface area contributed by atoms with E-state index >= 15 is 0 Å². The first-order chi connectivity index (χ1) is 15.3. The molecule has 0 radical (unpaired) electrons. The SMILES string of the molecule is O=P(OCC#CCC1CCC(c2ccccn2)CN1)(c1ccccc1)c1ccccc1. The third kappa shape index (κ3) is 5.51. The van der Waals surface area contributed by atoms with Crippen LogP contribution in [0.4, 0.5) is 0 Å². The van der Waals surface area contributed by atoms with Crippen LogP contribution in [0, 0.1) is 11.8 Å². The molecule has 1 N–H and O–H groups in total. The van der Waals surface area contributed by atoms with E-state index in [0.29, 0.717) is 22.6 Å². The molecule has 0 bridgehead atoms. The van der Waals surface area contributed by atoms with Crippen LogP contribution < -0.4 is 15.9 Å². The van der Waals surface area contributed by atoms with Gasteiger partial charge in [-0.2, -0.15) is 0 Å². The lowest BCUT2D eigenvalue weighted by atomic mass is 9.91. The summed E-state index contributed by atoms with van der Waals surface area (Å²) < 4.78 is 19.7. The van der Waals surface area contributed by atoms with Crippen LogP contribution in [-0.2, 0) is 9.09 Å². The number of nitrogens with zero attached hydrogens (tertiary/aromatic N) is 1. The molecule has 1 saturated heterocycles. The molecule has 1 aliphatic heterocycles. The Morgan fingerprint density at radius 3 is 2.16 bits per heavy atom. The topological polar surface area (TPSA) is 51.2 Å². The van der Waals surface area contributed by atoms with Gasteiger partial charge in [-0.15, -0.1) is 0 Å². The molecule has 1 aliphatic rings. The quantitative estimate of drug-likeness (QED) is 0.469. The van der Waals surface area contributed by atoms with Crippen molar-refractivity contribution >= 4 is 18.0 Å². The van der Waals surface area contributed by atoms with E-state index in [-0.39, 0.29) is 6.61 Å². The number of piperidine rings is 1. The molecule has 1 aromatic heterocycles. The van der Waals surface area contributed by atoms with Crippen molar-refractivity contribution in [1.82, 2.24) is 10.3 Å². The molecule has 1 fully saturated rings. The summed E-state index contributed by atoms with van der Waals surface area (Å²) in [7, 11) is -3.16. The van der Waals surface area contributed by atoms with Gasteiger partial charge in [0.1, 0.15) is 6.61 Å². The van der Waals surface area contributed by atoms with E-state index in [1.807, 2.05) is 79.0 Å². The monoisotopic (exact) mass is 430 g/mol. The van der Waals surface area contributed by atoms with Crippen molar-refractivity contribution in [1.29, 1.82) is 0 Å². The van der Waals surface area contributed by atoms with Crippen LogP contribution in [0.5, 0.6) is 0 Å². The van der Waals surface area contributed by atoms with E-state index in [1.54, 1.807) is 0 Å². The predicted octanol–water partition coefficient (Wildman–Crippen LogP) is 4.26. The number of rotatable bonds is 6. The van der Waals surface area contributed by atoms with Crippen molar-refractivity contribution in [3.8, 4) is 11.8 Å². The second-order valence-electron chi connectivity index (χ2n) is 7.69. The summed E-state index contributed by atoms with van der Waals surface area (Å²) in [6, 6.07) is 25.2. The summed E-state index contributed by atoms with van der Waals surface area (Å²) in [5, 5.41) is 4.97. The van der Waals surface area contributed by atoms with E-state index < -0.39 is 7.37 Å². The van der Waals surface area contributed by atoms with Crippen LogP contribution in [-0.4, -0.2) is 24.2 Å². The number of aromatic nitrogens is 1. The zero-order chi connectivity index (χ0) is 21.4. The predicted molar refractivity (Wildman–Crippen MR) is 126 cm³/mol. The lowest BCUT2D eigenvalue weighted by molar-refractivity contribution is 0.365. The highest BCUT2D eigenvalue weighted by Crippen LogP contribution is 2.44. The number of hydrogen-bond acceptors (Lipinski definition) is 4. The third-order valence-corrected chi connectivity index (χ3v) is 8.06. The Balaban J connectivity index is 1.32. The number of pyridine rings is 1. The summed E-state index contributed by atoms with van der Waals surface area (Å²) in [4.78, 5) is 4.48. The highest BCUT2D eigenvalue weighted by atomic mass is 31.2. The van der Waals surface area contributed by atoms with E-state index in [4.69, 9.17) is 4.52 Å². The van der Waals surface area contributed by atoms with Gasteiger partial charge < -0.3 is 9.84 Å². The first kappa shape index (κ1) is 21.5. The van der Waals surface area contributed by atoms with Gasteiger partial charge in [-0.1, -0.05) is 54.3 Å². The molecule has 5 heteroatoms. The van der Waals surface area contributed by atoms with Gasteiger partial charge in [-0.3, -0.25) is 9.55 Å². The molecular weight excluding hydrogens is 403 g/mol. The number of benzene rings is 2. The van der Waals surface area contributed by atoms with Gasteiger partial charge in [0.15, 0.2) is 0 Å². The zero-order valence-electron chi connectivity index (χ0n) is 17.5. The molecule has 3 aromatic rings. The maximum atomic E-state index is 13.7. The second kappa shape index (κ2) is 10.6. The van der Waals surface area contributed by atoms with Gasteiger partial charge in [-0.25, -0.2) is 0 Å². The highest BCUT2D eigenvalue weighted by Gasteiger charge is 2.28. The van der Waals surface area contributed by atoms with E-state index in [2.05, 4.69) is 28.2 Å². The Labute approximate surface area is 184 Å². The molecule has 158 valence electrons.